The maximum absolute atomic E-state index is 5.36. The Morgan fingerprint density at radius 3 is 2.62 bits per heavy atom. The summed E-state index contributed by atoms with van der Waals surface area (Å²) in [5.41, 5.74) is 5.36. The van der Waals surface area contributed by atoms with Crippen molar-refractivity contribution < 1.29 is 0 Å². The van der Waals surface area contributed by atoms with E-state index in [0.29, 0.717) is 0 Å². The van der Waals surface area contributed by atoms with Crippen LogP contribution in [0.2, 0.25) is 0 Å². The van der Waals surface area contributed by atoms with Gasteiger partial charge in [-0.15, -0.1) is 12.4 Å². The third-order valence-electron chi connectivity index (χ3n) is 0.849. The lowest BCUT2D eigenvalue weighted by atomic mass is 10.5. The molecule has 0 aliphatic carbocycles. The zero-order valence-electron chi connectivity index (χ0n) is 4.42. The minimum Gasteiger partial charge on any atom is -0.364 e. The van der Waals surface area contributed by atoms with Crippen LogP contribution in [0.15, 0.2) is 12.3 Å². The summed E-state index contributed by atoms with van der Waals surface area (Å²) < 4.78 is 0. The first-order chi connectivity index (χ1) is 3.39. The summed E-state index contributed by atoms with van der Waals surface area (Å²) in [5.74, 6) is 0. The van der Waals surface area contributed by atoms with E-state index in [9.17, 15) is 0 Å². The fourth-order valence-corrected chi connectivity index (χ4v) is 0.485. The molecule has 1 aliphatic heterocycles. The van der Waals surface area contributed by atoms with Crippen molar-refractivity contribution >= 4 is 12.4 Å². The van der Waals surface area contributed by atoms with E-state index in [0.717, 1.165) is 6.54 Å². The van der Waals surface area contributed by atoms with Crippen LogP contribution in [0.1, 0.15) is 0 Å². The maximum Gasteiger partial charge on any atom is 0.129 e. The molecule has 0 saturated heterocycles. The highest BCUT2D eigenvalue weighted by molar-refractivity contribution is 5.85. The largest absolute Gasteiger partial charge is 0.364 e. The minimum absolute atomic E-state index is 0. The smallest absolute Gasteiger partial charge is 0.129 e. The van der Waals surface area contributed by atoms with E-state index in [4.69, 9.17) is 5.73 Å². The number of nitrogens with two attached hydrogens (primary N) is 1. The molecule has 0 aromatic carbocycles. The van der Waals surface area contributed by atoms with Gasteiger partial charge in [-0.25, -0.2) is 0 Å². The normalized spacial score (nSPS) is 25.9. The molecule has 0 spiro atoms. The highest BCUT2D eigenvalue weighted by Crippen LogP contribution is 1.74. The molecule has 48 valence electrons. The molecule has 1 rings (SSSR count). The predicted molar refractivity (Wildman–Crippen MR) is 35.5 cm³/mol. The van der Waals surface area contributed by atoms with Gasteiger partial charge in [0, 0.05) is 6.54 Å². The third-order valence-corrected chi connectivity index (χ3v) is 0.849. The molecular weight excluding hydrogens is 126 g/mol. The van der Waals surface area contributed by atoms with Gasteiger partial charge in [-0.1, -0.05) is 6.08 Å². The Kier molecular flexibility index (Phi) is 3.60. The van der Waals surface area contributed by atoms with Crippen LogP contribution >= 0.6 is 12.4 Å². The number of hydrogen-bond acceptors (Lipinski definition) is 3. The van der Waals surface area contributed by atoms with Crippen LogP contribution in [0.4, 0.5) is 0 Å². The molecule has 1 heterocycles. The first kappa shape index (κ1) is 7.75. The lowest BCUT2D eigenvalue weighted by Gasteiger charge is -2.15. The molecule has 0 aromatic rings. The fraction of sp³-hybridized carbons (Fsp3) is 0.500. The molecule has 4 N–H and O–H groups in total. The van der Waals surface area contributed by atoms with Gasteiger partial charge in [0.2, 0.25) is 0 Å². The van der Waals surface area contributed by atoms with Gasteiger partial charge in [-0.3, -0.25) is 11.1 Å². The molecule has 0 radical (unpaired) electrons. The van der Waals surface area contributed by atoms with E-state index in [1.807, 2.05) is 12.3 Å². The van der Waals surface area contributed by atoms with Crippen molar-refractivity contribution in [3.63, 3.8) is 0 Å². The van der Waals surface area contributed by atoms with Gasteiger partial charge < -0.3 is 5.32 Å². The quantitative estimate of drug-likeness (QED) is 0.414. The minimum atomic E-state index is -0.0509. The summed E-state index contributed by atoms with van der Waals surface area (Å²) in [4.78, 5) is 0. The number of halogens is 1. The standard InChI is InChI=1S/C4H9N3.ClH/c5-4-6-2-1-3-7-4;/h1-2,4,6-7H,3,5H2;1H. The topological polar surface area (TPSA) is 50.1 Å². The summed E-state index contributed by atoms with van der Waals surface area (Å²) in [6.07, 6.45) is 3.77. The highest BCUT2D eigenvalue weighted by atomic mass is 35.5. The van der Waals surface area contributed by atoms with Gasteiger partial charge in [-0.2, -0.15) is 0 Å². The monoisotopic (exact) mass is 135 g/mol. The Morgan fingerprint density at radius 1 is 1.62 bits per heavy atom. The van der Waals surface area contributed by atoms with E-state index in [1.165, 1.54) is 0 Å². The van der Waals surface area contributed by atoms with Gasteiger partial charge >= 0.3 is 0 Å². The van der Waals surface area contributed by atoms with Crippen molar-refractivity contribution in [3.8, 4) is 0 Å². The van der Waals surface area contributed by atoms with E-state index < -0.39 is 0 Å². The number of rotatable bonds is 0. The third kappa shape index (κ3) is 2.16. The fourth-order valence-electron chi connectivity index (χ4n) is 0.485. The van der Waals surface area contributed by atoms with Crippen molar-refractivity contribution in [2.45, 2.75) is 6.29 Å². The SMILES string of the molecule is Cl.NC1NC=CCN1. The Hall–Kier alpha value is -0.250. The van der Waals surface area contributed by atoms with Crippen molar-refractivity contribution in [2.24, 2.45) is 5.73 Å². The number of hydrogen-bond donors (Lipinski definition) is 3. The zero-order chi connectivity index (χ0) is 5.11. The second kappa shape index (κ2) is 3.72. The summed E-state index contributed by atoms with van der Waals surface area (Å²) in [6, 6.07) is 0. The molecule has 0 fully saturated rings. The van der Waals surface area contributed by atoms with Gasteiger partial charge in [0.05, 0.1) is 0 Å². The van der Waals surface area contributed by atoms with Crippen molar-refractivity contribution in [3.05, 3.63) is 12.3 Å². The van der Waals surface area contributed by atoms with Crippen LogP contribution in [0.3, 0.4) is 0 Å². The summed E-state index contributed by atoms with van der Waals surface area (Å²) in [7, 11) is 0. The van der Waals surface area contributed by atoms with Crippen LogP contribution in [-0.4, -0.2) is 12.8 Å². The zero-order valence-corrected chi connectivity index (χ0v) is 5.24. The van der Waals surface area contributed by atoms with Crippen LogP contribution in [0.5, 0.6) is 0 Å². The highest BCUT2D eigenvalue weighted by Gasteiger charge is 1.96. The average molecular weight is 136 g/mol. The Morgan fingerprint density at radius 2 is 2.38 bits per heavy atom. The Labute approximate surface area is 54.7 Å². The lowest BCUT2D eigenvalue weighted by molar-refractivity contribution is 0.493. The molecule has 0 amide bonds. The van der Waals surface area contributed by atoms with E-state index in [2.05, 4.69) is 10.6 Å². The van der Waals surface area contributed by atoms with Crippen molar-refractivity contribution in [1.29, 1.82) is 0 Å². The molecule has 4 heteroatoms. The molecule has 1 unspecified atom stereocenters. The van der Waals surface area contributed by atoms with Crippen LogP contribution in [0.25, 0.3) is 0 Å². The molecule has 1 aliphatic rings. The van der Waals surface area contributed by atoms with Gasteiger partial charge in [0.25, 0.3) is 0 Å². The summed E-state index contributed by atoms with van der Waals surface area (Å²) in [6.45, 7) is 0.869. The number of nitrogens with one attached hydrogen (secondary N) is 2. The Balaban J connectivity index is 0.000000490. The van der Waals surface area contributed by atoms with E-state index >= 15 is 0 Å². The molecule has 0 saturated carbocycles. The summed E-state index contributed by atoms with van der Waals surface area (Å²) in [5, 5.41) is 5.83. The van der Waals surface area contributed by atoms with Crippen LogP contribution in [0, 0.1) is 0 Å². The van der Waals surface area contributed by atoms with Gasteiger partial charge in [0.15, 0.2) is 0 Å². The lowest BCUT2D eigenvalue weighted by Crippen LogP contribution is -2.49. The molecule has 1 atom stereocenters. The second-order valence-electron chi connectivity index (χ2n) is 1.45. The van der Waals surface area contributed by atoms with Gasteiger partial charge in [-0.05, 0) is 6.20 Å². The first-order valence-electron chi connectivity index (χ1n) is 2.29. The van der Waals surface area contributed by atoms with Crippen molar-refractivity contribution in [2.75, 3.05) is 6.54 Å². The molecule has 0 aromatic heterocycles. The van der Waals surface area contributed by atoms with Gasteiger partial charge in [0.1, 0.15) is 6.29 Å². The Bertz CT molecular complexity index is 83.4. The second-order valence-corrected chi connectivity index (χ2v) is 1.45. The molecule has 8 heavy (non-hydrogen) atoms. The van der Waals surface area contributed by atoms with E-state index in [-0.39, 0.29) is 18.7 Å². The molecule has 0 bridgehead atoms. The first-order valence-corrected chi connectivity index (χ1v) is 2.29. The van der Waals surface area contributed by atoms with E-state index in [1.54, 1.807) is 0 Å². The van der Waals surface area contributed by atoms with Crippen LogP contribution < -0.4 is 16.4 Å². The maximum atomic E-state index is 5.36. The molecular formula is C4H10ClN3. The molecule has 3 nitrogen and oxygen atoms in total. The van der Waals surface area contributed by atoms with Crippen molar-refractivity contribution in [1.82, 2.24) is 10.6 Å². The average Bonchev–Trinajstić information content (AvgIpc) is 1.69. The predicted octanol–water partition coefficient (Wildman–Crippen LogP) is -0.643. The summed E-state index contributed by atoms with van der Waals surface area (Å²) >= 11 is 0. The van der Waals surface area contributed by atoms with Crippen LogP contribution in [-0.2, 0) is 0 Å².